The summed E-state index contributed by atoms with van der Waals surface area (Å²) in [6, 6.07) is 0. The van der Waals surface area contributed by atoms with Crippen molar-refractivity contribution in [1.82, 2.24) is 0 Å². The summed E-state index contributed by atoms with van der Waals surface area (Å²) in [6.45, 7) is -0.690. The fourth-order valence-electron chi connectivity index (χ4n) is 7.60. The molecular formula is C28H47O15+. The molecule has 248 valence electrons. The number of hydrogen-bond donors (Lipinski definition) is 10. The first-order chi connectivity index (χ1) is 20.4. The van der Waals surface area contributed by atoms with E-state index in [9.17, 15) is 55.9 Å². The molecule has 2 aliphatic heterocycles. The lowest BCUT2D eigenvalue weighted by Gasteiger charge is -2.48. The first kappa shape index (κ1) is 33.3. The minimum absolute atomic E-state index is 0.161. The molecule has 0 aromatic carbocycles. The normalized spacial score (nSPS) is 52.7. The number of esters is 1. The van der Waals surface area contributed by atoms with Crippen LogP contribution in [0, 0.1) is 17.8 Å². The number of rotatable bonds is 6. The zero-order valence-corrected chi connectivity index (χ0v) is 23.8. The van der Waals surface area contributed by atoms with Crippen LogP contribution in [0.2, 0.25) is 0 Å². The topological polar surface area (TPSA) is 260 Å². The molecule has 11 N–H and O–H groups in total. The van der Waals surface area contributed by atoms with Crippen LogP contribution in [-0.2, 0) is 19.0 Å². The molecule has 0 aromatic rings. The second kappa shape index (κ2) is 13.7. The van der Waals surface area contributed by atoms with Crippen molar-refractivity contribution in [3.05, 3.63) is 0 Å². The van der Waals surface area contributed by atoms with Gasteiger partial charge in [-0.05, 0) is 38.5 Å². The van der Waals surface area contributed by atoms with Crippen molar-refractivity contribution in [3.63, 3.8) is 0 Å². The second-order valence-electron chi connectivity index (χ2n) is 13.1. The zero-order valence-electron chi connectivity index (χ0n) is 23.8. The average Bonchev–Trinajstić information content (AvgIpc) is 2.96. The SMILES string of the molecule is O=C(O[C@H]1[C@H](OC2CC3C(O)CC(O)CC3[OH+]C2C2CCC(O)C(O)C2)O[C@H](CO)[C@@H](O)[C@@H]1O)C1CC(O)C(O)C(O)C1. The summed E-state index contributed by atoms with van der Waals surface area (Å²) in [4.78, 5) is 13.1. The van der Waals surface area contributed by atoms with Gasteiger partial charge in [0.1, 0.15) is 30.5 Å². The van der Waals surface area contributed by atoms with Gasteiger partial charge in [-0.15, -0.1) is 0 Å². The Bertz CT molecular complexity index is 928. The van der Waals surface area contributed by atoms with E-state index in [1.165, 1.54) is 0 Å². The highest BCUT2D eigenvalue weighted by Gasteiger charge is 2.56. The molecular weight excluding hydrogens is 576 g/mol. The van der Waals surface area contributed by atoms with Gasteiger partial charge >= 0.3 is 5.97 Å². The van der Waals surface area contributed by atoms with Crippen LogP contribution in [0.3, 0.4) is 0 Å². The Morgan fingerprint density at radius 2 is 1.44 bits per heavy atom. The third-order valence-electron chi connectivity index (χ3n) is 10.1. The molecule has 5 aliphatic rings. The van der Waals surface area contributed by atoms with Gasteiger partial charge in [-0.3, -0.25) is 4.79 Å². The summed E-state index contributed by atoms with van der Waals surface area (Å²) in [6.07, 6.45) is -15.8. The minimum Gasteiger partial charge on any atom is -0.454 e. The van der Waals surface area contributed by atoms with E-state index in [0.717, 1.165) is 0 Å². The van der Waals surface area contributed by atoms with E-state index in [-0.39, 0.29) is 50.0 Å². The molecule has 3 aliphatic carbocycles. The van der Waals surface area contributed by atoms with Gasteiger partial charge in [0.05, 0.1) is 55.1 Å². The van der Waals surface area contributed by atoms with Gasteiger partial charge in [-0.25, -0.2) is 0 Å². The third kappa shape index (κ3) is 7.04. The van der Waals surface area contributed by atoms with E-state index in [1.807, 2.05) is 0 Å². The summed E-state index contributed by atoms with van der Waals surface area (Å²) in [5.41, 5.74) is 0. The van der Waals surface area contributed by atoms with Crippen LogP contribution in [0.4, 0.5) is 0 Å². The van der Waals surface area contributed by atoms with E-state index >= 15 is 0 Å². The Hall–Kier alpha value is -1.05. The van der Waals surface area contributed by atoms with Crippen LogP contribution in [-0.4, -0.2) is 160 Å². The predicted octanol–water partition coefficient (Wildman–Crippen LogP) is -4.46. The lowest BCUT2D eigenvalue weighted by molar-refractivity contribution is -0.357. The van der Waals surface area contributed by atoms with E-state index < -0.39 is 104 Å². The standard InChI is InChI=1S/C28H46O15/c29-9-21-23(37)24(38)26(43-27(39)11-4-17(34)22(36)18(35)5-11)28(42-21)41-20-8-13-15(32)6-12(30)7-19(13)40-25(20)10-1-2-14(31)16(33)3-10/h10-26,28-38H,1-9H2/p+1/t10?,11?,12?,13?,14?,15?,16?,17?,18?,19?,20?,21-,22?,23-,24+,25?,26-,28-/m1/s1. The summed E-state index contributed by atoms with van der Waals surface area (Å²) < 4.78 is 22.7. The zero-order chi connectivity index (χ0) is 31.2. The molecule has 2 saturated heterocycles. The molecule has 15 heteroatoms. The molecule has 5 fully saturated rings. The maximum atomic E-state index is 13.1. The van der Waals surface area contributed by atoms with Crippen molar-refractivity contribution < 1.29 is 74.8 Å². The number of aliphatic hydroxyl groups is 12. The van der Waals surface area contributed by atoms with Crippen LogP contribution in [0.15, 0.2) is 0 Å². The first-order valence-corrected chi connectivity index (χ1v) is 15.3. The molecule has 0 radical (unpaired) electrons. The molecule has 3 saturated carbocycles. The first-order valence-electron chi connectivity index (χ1n) is 15.3. The maximum absolute atomic E-state index is 13.1. The molecule has 2 heterocycles. The lowest BCUT2D eigenvalue weighted by Crippen LogP contribution is -2.64. The van der Waals surface area contributed by atoms with Crippen LogP contribution < -0.4 is 0 Å². The summed E-state index contributed by atoms with van der Waals surface area (Å²) in [5, 5.41) is 103. The van der Waals surface area contributed by atoms with Gasteiger partial charge in [-0.1, -0.05) is 0 Å². The number of ether oxygens (including phenoxy) is 4. The largest absolute Gasteiger partial charge is 0.454 e. The van der Waals surface area contributed by atoms with Crippen LogP contribution in [0.1, 0.15) is 51.4 Å². The van der Waals surface area contributed by atoms with Crippen molar-refractivity contribution in [2.24, 2.45) is 17.8 Å². The third-order valence-corrected chi connectivity index (χ3v) is 10.1. The number of carbonyl (C=O) groups is 1. The number of aliphatic hydroxyl groups excluding tert-OH is 10. The van der Waals surface area contributed by atoms with E-state index in [2.05, 4.69) is 0 Å². The van der Waals surface area contributed by atoms with Gasteiger partial charge in [0.15, 0.2) is 24.6 Å². The highest BCUT2D eigenvalue weighted by atomic mass is 16.7. The monoisotopic (exact) mass is 623 g/mol. The molecule has 11 unspecified atom stereocenters. The van der Waals surface area contributed by atoms with Gasteiger partial charge in [0, 0.05) is 18.8 Å². The van der Waals surface area contributed by atoms with Gasteiger partial charge in [0.25, 0.3) is 0 Å². The molecule has 43 heavy (non-hydrogen) atoms. The van der Waals surface area contributed by atoms with Crippen molar-refractivity contribution in [2.45, 2.75) is 143 Å². The van der Waals surface area contributed by atoms with E-state index in [1.54, 1.807) is 0 Å². The summed E-state index contributed by atoms with van der Waals surface area (Å²) in [7, 11) is 0. The predicted molar refractivity (Wildman–Crippen MR) is 142 cm³/mol. The number of carbonyl (C=O) groups excluding carboxylic acids is 1. The van der Waals surface area contributed by atoms with Crippen molar-refractivity contribution >= 4 is 5.97 Å². The lowest BCUT2D eigenvalue weighted by atomic mass is 9.72. The molecule has 0 amide bonds. The van der Waals surface area contributed by atoms with Crippen LogP contribution in [0.25, 0.3) is 0 Å². The van der Waals surface area contributed by atoms with Gasteiger partial charge < -0.3 is 70.0 Å². The van der Waals surface area contributed by atoms with Crippen molar-refractivity contribution in [1.29, 1.82) is 0 Å². The number of fused-ring (bicyclic) bond motifs is 1. The van der Waals surface area contributed by atoms with Crippen molar-refractivity contribution in [2.75, 3.05) is 6.61 Å². The van der Waals surface area contributed by atoms with E-state index in [4.69, 9.17) is 18.9 Å². The highest BCUT2D eigenvalue weighted by molar-refractivity contribution is 5.73. The second-order valence-corrected chi connectivity index (χ2v) is 13.1. The van der Waals surface area contributed by atoms with E-state index in [0.29, 0.717) is 19.3 Å². The van der Waals surface area contributed by atoms with Crippen LogP contribution in [0.5, 0.6) is 0 Å². The Balaban J connectivity index is 1.38. The Morgan fingerprint density at radius 1 is 0.744 bits per heavy atom. The fraction of sp³-hybridized carbons (Fsp3) is 0.964. The summed E-state index contributed by atoms with van der Waals surface area (Å²) in [5.74, 6) is -2.59. The Kier molecular flexibility index (Phi) is 10.7. The highest BCUT2D eigenvalue weighted by Crippen LogP contribution is 2.42. The Morgan fingerprint density at radius 3 is 2.09 bits per heavy atom. The van der Waals surface area contributed by atoms with Crippen molar-refractivity contribution in [3.8, 4) is 0 Å². The van der Waals surface area contributed by atoms with Crippen LogP contribution >= 0.6 is 0 Å². The average molecular weight is 624 g/mol. The fourth-order valence-corrected chi connectivity index (χ4v) is 7.60. The smallest absolute Gasteiger partial charge is 0.309 e. The number of hydrogen-bond acceptors (Lipinski definition) is 14. The van der Waals surface area contributed by atoms with Gasteiger partial charge in [0.2, 0.25) is 0 Å². The van der Waals surface area contributed by atoms with Gasteiger partial charge in [-0.2, -0.15) is 0 Å². The maximum Gasteiger partial charge on any atom is 0.309 e. The Labute approximate surface area is 248 Å². The molecule has 16 atom stereocenters. The minimum atomic E-state index is -1.75. The molecule has 5 rings (SSSR count). The molecule has 15 nitrogen and oxygen atoms in total. The summed E-state index contributed by atoms with van der Waals surface area (Å²) >= 11 is 0. The quantitative estimate of drug-likeness (QED) is 0.0989. The molecule has 0 aromatic heterocycles. The molecule has 0 spiro atoms. The molecule has 0 bridgehead atoms.